The van der Waals surface area contributed by atoms with E-state index in [9.17, 15) is 4.79 Å². The molecule has 1 aliphatic rings. The molecule has 1 aromatic rings. The van der Waals surface area contributed by atoms with Gasteiger partial charge in [0.15, 0.2) is 0 Å². The number of unbranched alkanes of at least 4 members (excludes halogenated alkanes) is 1. The maximum Gasteiger partial charge on any atom is 0.231 e. The second-order valence-corrected chi connectivity index (χ2v) is 5.03. The van der Waals surface area contributed by atoms with Crippen LogP contribution in [-0.2, 0) is 17.6 Å². The molecule has 1 amide bonds. The van der Waals surface area contributed by atoms with Gasteiger partial charge in [0.05, 0.1) is 6.42 Å². The van der Waals surface area contributed by atoms with Crippen molar-refractivity contribution in [2.75, 3.05) is 31.6 Å². The summed E-state index contributed by atoms with van der Waals surface area (Å²) in [4.78, 5) is 13.9. The molecule has 4 heteroatoms. The van der Waals surface area contributed by atoms with Gasteiger partial charge in [-0.3, -0.25) is 4.79 Å². The molecule has 0 saturated carbocycles. The number of rotatable bonds is 7. The van der Waals surface area contributed by atoms with Gasteiger partial charge in [0.2, 0.25) is 5.91 Å². The molecule has 0 saturated heterocycles. The van der Waals surface area contributed by atoms with Gasteiger partial charge < -0.3 is 16.0 Å². The molecular weight excluding hydrogens is 238 g/mol. The lowest BCUT2D eigenvalue weighted by atomic mass is 10.1. The first-order valence-corrected chi connectivity index (χ1v) is 7.03. The van der Waals surface area contributed by atoms with Crippen LogP contribution >= 0.6 is 0 Å². The van der Waals surface area contributed by atoms with Gasteiger partial charge in [-0.2, -0.15) is 0 Å². The standard InChI is InChI=1S/C15H23N3O/c1-17-8-6-12-4-5-14-13(10-12)11-15(19)18(14)9-3-2-7-16/h4-5,10,17H,2-3,6-9,11,16H2,1H3. The van der Waals surface area contributed by atoms with E-state index in [1.807, 2.05) is 11.9 Å². The van der Waals surface area contributed by atoms with Gasteiger partial charge in [-0.05, 0) is 56.6 Å². The molecule has 0 atom stereocenters. The first-order chi connectivity index (χ1) is 9.26. The minimum absolute atomic E-state index is 0.220. The van der Waals surface area contributed by atoms with E-state index < -0.39 is 0 Å². The number of benzene rings is 1. The average molecular weight is 261 g/mol. The van der Waals surface area contributed by atoms with Crippen LogP contribution in [0.15, 0.2) is 18.2 Å². The summed E-state index contributed by atoms with van der Waals surface area (Å²) >= 11 is 0. The van der Waals surface area contributed by atoms with Crippen molar-refractivity contribution in [1.29, 1.82) is 0 Å². The Morgan fingerprint density at radius 2 is 2.21 bits per heavy atom. The Morgan fingerprint density at radius 3 is 2.95 bits per heavy atom. The van der Waals surface area contributed by atoms with Crippen molar-refractivity contribution in [3.05, 3.63) is 29.3 Å². The number of anilines is 1. The van der Waals surface area contributed by atoms with Crippen molar-refractivity contribution in [2.45, 2.75) is 25.7 Å². The van der Waals surface area contributed by atoms with Gasteiger partial charge in [0, 0.05) is 12.2 Å². The number of carbonyl (C=O) groups is 1. The molecule has 19 heavy (non-hydrogen) atoms. The Morgan fingerprint density at radius 1 is 1.37 bits per heavy atom. The minimum atomic E-state index is 0.220. The highest BCUT2D eigenvalue weighted by Gasteiger charge is 2.26. The van der Waals surface area contributed by atoms with E-state index in [0.29, 0.717) is 13.0 Å². The highest BCUT2D eigenvalue weighted by Crippen LogP contribution is 2.30. The molecule has 0 spiro atoms. The van der Waals surface area contributed by atoms with E-state index in [2.05, 4.69) is 23.5 Å². The smallest absolute Gasteiger partial charge is 0.231 e. The Kier molecular flexibility index (Phi) is 4.93. The summed E-state index contributed by atoms with van der Waals surface area (Å²) in [5.74, 6) is 0.220. The quantitative estimate of drug-likeness (QED) is 0.722. The number of fused-ring (bicyclic) bond motifs is 1. The zero-order valence-corrected chi connectivity index (χ0v) is 11.6. The Bertz CT molecular complexity index is 445. The highest BCUT2D eigenvalue weighted by atomic mass is 16.2. The fourth-order valence-electron chi connectivity index (χ4n) is 2.52. The topological polar surface area (TPSA) is 58.4 Å². The van der Waals surface area contributed by atoms with Gasteiger partial charge in [-0.15, -0.1) is 0 Å². The normalized spacial score (nSPS) is 14.0. The summed E-state index contributed by atoms with van der Waals surface area (Å²) in [5.41, 5.74) is 9.06. The van der Waals surface area contributed by atoms with E-state index in [4.69, 9.17) is 5.73 Å². The maximum absolute atomic E-state index is 12.0. The van der Waals surface area contributed by atoms with Crippen molar-refractivity contribution in [2.24, 2.45) is 5.73 Å². The molecule has 1 heterocycles. The Labute approximate surface area is 115 Å². The van der Waals surface area contributed by atoms with Crippen molar-refractivity contribution in [1.82, 2.24) is 5.32 Å². The zero-order chi connectivity index (χ0) is 13.7. The number of amides is 1. The number of hydrogen-bond acceptors (Lipinski definition) is 3. The van der Waals surface area contributed by atoms with Crippen LogP contribution in [0.2, 0.25) is 0 Å². The predicted octanol–water partition coefficient (Wildman–Crippen LogP) is 1.08. The van der Waals surface area contributed by atoms with E-state index in [0.717, 1.165) is 38.0 Å². The monoisotopic (exact) mass is 261 g/mol. The number of likely N-dealkylation sites (N-methyl/N-ethyl adjacent to an activating group) is 1. The second-order valence-electron chi connectivity index (χ2n) is 5.03. The number of hydrogen-bond donors (Lipinski definition) is 2. The summed E-state index contributed by atoms with van der Waals surface area (Å²) in [6.45, 7) is 2.45. The Balaban J connectivity index is 2.06. The van der Waals surface area contributed by atoms with Crippen LogP contribution in [-0.4, -0.2) is 32.6 Å². The summed E-state index contributed by atoms with van der Waals surface area (Å²) in [5, 5.41) is 3.15. The fourth-order valence-corrected chi connectivity index (χ4v) is 2.52. The first-order valence-electron chi connectivity index (χ1n) is 7.03. The summed E-state index contributed by atoms with van der Waals surface area (Å²) in [6.07, 6.45) is 3.50. The van der Waals surface area contributed by atoms with Crippen LogP contribution in [0.4, 0.5) is 5.69 Å². The van der Waals surface area contributed by atoms with Crippen molar-refractivity contribution in [3.8, 4) is 0 Å². The lowest BCUT2D eigenvalue weighted by Crippen LogP contribution is -2.28. The van der Waals surface area contributed by atoms with Crippen LogP contribution in [0.5, 0.6) is 0 Å². The third kappa shape index (κ3) is 3.33. The van der Waals surface area contributed by atoms with Gasteiger partial charge in [0.25, 0.3) is 0 Å². The minimum Gasteiger partial charge on any atom is -0.330 e. The van der Waals surface area contributed by atoms with E-state index >= 15 is 0 Å². The predicted molar refractivity (Wildman–Crippen MR) is 78.4 cm³/mol. The Hall–Kier alpha value is -1.39. The molecule has 4 nitrogen and oxygen atoms in total. The van der Waals surface area contributed by atoms with Crippen molar-refractivity contribution < 1.29 is 4.79 Å². The number of nitrogens with zero attached hydrogens (tertiary/aromatic N) is 1. The average Bonchev–Trinajstić information content (AvgIpc) is 2.72. The molecule has 104 valence electrons. The van der Waals surface area contributed by atoms with Gasteiger partial charge in [-0.1, -0.05) is 12.1 Å². The molecule has 2 rings (SSSR count). The van der Waals surface area contributed by atoms with E-state index in [1.165, 1.54) is 11.1 Å². The summed E-state index contributed by atoms with van der Waals surface area (Å²) in [6, 6.07) is 6.39. The van der Waals surface area contributed by atoms with Gasteiger partial charge in [0.1, 0.15) is 0 Å². The lowest BCUT2D eigenvalue weighted by Gasteiger charge is -2.17. The second kappa shape index (κ2) is 6.68. The maximum atomic E-state index is 12.0. The van der Waals surface area contributed by atoms with Crippen LogP contribution in [0.25, 0.3) is 0 Å². The van der Waals surface area contributed by atoms with Crippen molar-refractivity contribution >= 4 is 11.6 Å². The largest absolute Gasteiger partial charge is 0.330 e. The molecule has 1 aliphatic heterocycles. The van der Waals surface area contributed by atoms with Crippen LogP contribution in [0, 0.1) is 0 Å². The van der Waals surface area contributed by atoms with E-state index in [1.54, 1.807) is 0 Å². The van der Waals surface area contributed by atoms with Crippen LogP contribution in [0.1, 0.15) is 24.0 Å². The summed E-state index contributed by atoms with van der Waals surface area (Å²) < 4.78 is 0. The third-order valence-corrected chi connectivity index (χ3v) is 3.58. The molecule has 0 radical (unpaired) electrons. The van der Waals surface area contributed by atoms with Gasteiger partial charge >= 0.3 is 0 Å². The van der Waals surface area contributed by atoms with Crippen LogP contribution in [0.3, 0.4) is 0 Å². The number of nitrogens with two attached hydrogens (primary N) is 1. The molecule has 0 aromatic heterocycles. The molecule has 1 aromatic carbocycles. The third-order valence-electron chi connectivity index (χ3n) is 3.58. The first kappa shape index (κ1) is 14.0. The number of carbonyl (C=O) groups excluding carboxylic acids is 1. The highest BCUT2D eigenvalue weighted by molar-refractivity contribution is 6.01. The zero-order valence-electron chi connectivity index (χ0n) is 11.6. The molecule has 3 N–H and O–H groups in total. The van der Waals surface area contributed by atoms with Crippen molar-refractivity contribution in [3.63, 3.8) is 0 Å². The molecule has 0 bridgehead atoms. The van der Waals surface area contributed by atoms with Gasteiger partial charge in [-0.25, -0.2) is 0 Å². The molecule has 0 fully saturated rings. The van der Waals surface area contributed by atoms with E-state index in [-0.39, 0.29) is 5.91 Å². The molecular formula is C15H23N3O. The SMILES string of the molecule is CNCCc1ccc2c(c1)CC(=O)N2CCCCN. The van der Waals surface area contributed by atoms with Crippen LogP contribution < -0.4 is 16.0 Å². The summed E-state index contributed by atoms with van der Waals surface area (Å²) in [7, 11) is 1.95. The fraction of sp³-hybridized carbons (Fsp3) is 0.533. The lowest BCUT2D eigenvalue weighted by molar-refractivity contribution is -0.117. The number of nitrogens with one attached hydrogen (secondary N) is 1. The molecule has 0 unspecified atom stereocenters. The molecule has 0 aliphatic carbocycles.